The Morgan fingerprint density at radius 2 is 2.00 bits per heavy atom. The molecule has 0 bridgehead atoms. The summed E-state index contributed by atoms with van der Waals surface area (Å²) in [7, 11) is 1.52. The molecule has 1 N–H and O–H groups in total. The Morgan fingerprint density at radius 3 is 2.53 bits per heavy atom. The Labute approximate surface area is 111 Å². The lowest BCUT2D eigenvalue weighted by Crippen LogP contribution is -2.30. The summed E-state index contributed by atoms with van der Waals surface area (Å²) >= 11 is 0. The summed E-state index contributed by atoms with van der Waals surface area (Å²) in [5.41, 5.74) is 1.15. The number of hydrogen-bond donors (Lipinski definition) is 1. The van der Waals surface area contributed by atoms with Gasteiger partial charge in [0.05, 0.1) is 24.0 Å². The number of hydrogen-bond acceptors (Lipinski definition) is 4. The van der Waals surface area contributed by atoms with Gasteiger partial charge in [0.1, 0.15) is 5.69 Å². The van der Waals surface area contributed by atoms with Crippen molar-refractivity contribution in [2.45, 2.75) is 6.42 Å². The average molecular weight is 261 g/mol. The minimum absolute atomic E-state index is 0.114. The fourth-order valence-corrected chi connectivity index (χ4v) is 1.38. The normalized spacial score (nSPS) is 9.74. The van der Waals surface area contributed by atoms with Gasteiger partial charge in [0.25, 0.3) is 5.91 Å². The molecule has 0 radical (unpaired) electrons. The van der Waals surface area contributed by atoms with E-state index in [1.165, 1.54) is 30.3 Å². The fraction of sp³-hybridized carbons (Fsp3) is 0.231. The number of carboxylic acids is 1. The molecule has 0 aliphatic heterocycles. The molecule has 6 heteroatoms. The number of aromatic nitrogens is 2. The van der Waals surface area contributed by atoms with Crippen LogP contribution in [-0.2, 0) is 4.79 Å². The maximum absolute atomic E-state index is 12.0. The largest absolute Gasteiger partial charge is 0.481 e. The molecule has 0 saturated heterocycles. The van der Waals surface area contributed by atoms with Gasteiger partial charge in [-0.2, -0.15) is 0 Å². The molecule has 0 saturated carbocycles. The van der Waals surface area contributed by atoms with Crippen molar-refractivity contribution in [2.24, 2.45) is 0 Å². The zero-order chi connectivity index (χ0) is 14.4. The molecular formula is C13H15N3O3. The van der Waals surface area contributed by atoms with Crippen molar-refractivity contribution in [3.63, 3.8) is 0 Å². The Kier molecular flexibility index (Phi) is 4.93. The molecule has 0 atom stereocenters. The SMILES string of the molecule is C=Cc1ncc(C(=O)N(C)CCC(=O)O)nc1C=C. The van der Waals surface area contributed by atoms with Gasteiger partial charge in [-0.25, -0.2) is 4.98 Å². The average Bonchev–Trinajstić information content (AvgIpc) is 2.42. The van der Waals surface area contributed by atoms with E-state index >= 15 is 0 Å². The number of nitrogens with zero attached hydrogens (tertiary/aromatic N) is 3. The van der Waals surface area contributed by atoms with Crippen molar-refractivity contribution >= 4 is 24.0 Å². The first-order valence-electron chi connectivity index (χ1n) is 5.58. The third kappa shape index (κ3) is 3.74. The van der Waals surface area contributed by atoms with Crippen LogP contribution >= 0.6 is 0 Å². The second-order valence-electron chi connectivity index (χ2n) is 3.80. The lowest BCUT2D eigenvalue weighted by Gasteiger charge is -2.15. The molecule has 0 unspecified atom stereocenters. The van der Waals surface area contributed by atoms with E-state index in [0.29, 0.717) is 11.4 Å². The predicted molar refractivity (Wildman–Crippen MR) is 71.4 cm³/mol. The van der Waals surface area contributed by atoms with Gasteiger partial charge in [-0.1, -0.05) is 13.2 Å². The van der Waals surface area contributed by atoms with Crippen molar-refractivity contribution in [3.8, 4) is 0 Å². The first kappa shape index (κ1) is 14.6. The maximum Gasteiger partial charge on any atom is 0.305 e. The molecule has 0 aromatic carbocycles. The Morgan fingerprint density at radius 1 is 1.37 bits per heavy atom. The number of aliphatic carboxylic acids is 1. The van der Waals surface area contributed by atoms with E-state index in [-0.39, 0.29) is 24.6 Å². The van der Waals surface area contributed by atoms with E-state index in [1.54, 1.807) is 0 Å². The van der Waals surface area contributed by atoms with Crippen LogP contribution in [0.4, 0.5) is 0 Å². The second-order valence-corrected chi connectivity index (χ2v) is 3.80. The smallest absolute Gasteiger partial charge is 0.305 e. The number of carboxylic acid groups (broad SMARTS) is 1. The van der Waals surface area contributed by atoms with Crippen LogP contribution in [0.2, 0.25) is 0 Å². The molecular weight excluding hydrogens is 246 g/mol. The molecule has 0 aliphatic rings. The first-order chi connectivity index (χ1) is 8.99. The highest BCUT2D eigenvalue weighted by Gasteiger charge is 2.15. The molecule has 19 heavy (non-hydrogen) atoms. The van der Waals surface area contributed by atoms with Crippen LogP contribution < -0.4 is 0 Å². The Hall–Kier alpha value is -2.50. The van der Waals surface area contributed by atoms with E-state index in [0.717, 1.165) is 0 Å². The minimum atomic E-state index is -0.959. The summed E-state index contributed by atoms with van der Waals surface area (Å²) < 4.78 is 0. The van der Waals surface area contributed by atoms with E-state index in [9.17, 15) is 9.59 Å². The highest BCUT2D eigenvalue weighted by molar-refractivity contribution is 5.92. The van der Waals surface area contributed by atoms with Gasteiger partial charge in [0, 0.05) is 13.6 Å². The standard InChI is InChI=1S/C13H15N3O3/c1-4-9-10(5-2)15-11(8-14-9)13(19)16(3)7-6-12(17)18/h4-5,8H,1-2,6-7H2,3H3,(H,17,18). The van der Waals surface area contributed by atoms with Crippen molar-refractivity contribution in [1.29, 1.82) is 0 Å². The van der Waals surface area contributed by atoms with Crippen LogP contribution in [0.1, 0.15) is 28.3 Å². The Bertz CT molecular complexity index is 526. The van der Waals surface area contributed by atoms with Crippen molar-refractivity contribution < 1.29 is 14.7 Å². The monoisotopic (exact) mass is 261 g/mol. The number of rotatable bonds is 6. The summed E-state index contributed by atoms with van der Waals surface area (Å²) in [6, 6.07) is 0. The van der Waals surface area contributed by atoms with Gasteiger partial charge in [-0.15, -0.1) is 0 Å². The third-order valence-electron chi connectivity index (χ3n) is 2.44. The van der Waals surface area contributed by atoms with Crippen molar-refractivity contribution in [2.75, 3.05) is 13.6 Å². The highest BCUT2D eigenvalue weighted by atomic mass is 16.4. The van der Waals surface area contributed by atoms with Crippen molar-refractivity contribution in [1.82, 2.24) is 14.9 Å². The Balaban J connectivity index is 2.90. The second kappa shape index (κ2) is 6.44. The van der Waals surface area contributed by atoms with Crippen LogP contribution in [0.25, 0.3) is 12.2 Å². The van der Waals surface area contributed by atoms with Crippen LogP contribution in [-0.4, -0.2) is 45.4 Å². The molecule has 0 aliphatic carbocycles. The van der Waals surface area contributed by atoms with Gasteiger partial charge >= 0.3 is 5.97 Å². The van der Waals surface area contributed by atoms with Gasteiger partial charge in [-0.3, -0.25) is 14.6 Å². The zero-order valence-electron chi connectivity index (χ0n) is 10.7. The molecule has 1 amide bonds. The van der Waals surface area contributed by atoms with E-state index < -0.39 is 5.97 Å². The van der Waals surface area contributed by atoms with Crippen molar-refractivity contribution in [3.05, 3.63) is 36.4 Å². The van der Waals surface area contributed by atoms with Crippen LogP contribution in [0.5, 0.6) is 0 Å². The summed E-state index contributed by atoms with van der Waals surface area (Å²) in [4.78, 5) is 31.9. The first-order valence-corrected chi connectivity index (χ1v) is 5.58. The lowest BCUT2D eigenvalue weighted by atomic mass is 10.2. The molecule has 1 aromatic heterocycles. The summed E-state index contributed by atoms with van der Waals surface area (Å²) in [5.74, 6) is -1.34. The number of carbonyl (C=O) groups is 2. The predicted octanol–water partition coefficient (Wildman–Crippen LogP) is 1.31. The third-order valence-corrected chi connectivity index (χ3v) is 2.44. The molecule has 6 nitrogen and oxygen atoms in total. The molecule has 0 fully saturated rings. The molecule has 100 valence electrons. The lowest BCUT2D eigenvalue weighted by molar-refractivity contribution is -0.137. The van der Waals surface area contributed by atoms with E-state index in [1.807, 2.05) is 0 Å². The topological polar surface area (TPSA) is 83.4 Å². The summed E-state index contributed by atoms with van der Waals surface area (Å²) in [5, 5.41) is 8.57. The van der Waals surface area contributed by atoms with Gasteiger partial charge in [0.2, 0.25) is 0 Å². The van der Waals surface area contributed by atoms with Gasteiger partial charge in [0.15, 0.2) is 0 Å². The van der Waals surface area contributed by atoms with Crippen LogP contribution in [0, 0.1) is 0 Å². The molecule has 1 heterocycles. The van der Waals surface area contributed by atoms with Gasteiger partial charge in [-0.05, 0) is 12.2 Å². The minimum Gasteiger partial charge on any atom is -0.481 e. The summed E-state index contributed by atoms with van der Waals surface area (Å²) in [6.07, 6.45) is 4.22. The quantitative estimate of drug-likeness (QED) is 0.834. The van der Waals surface area contributed by atoms with E-state index in [2.05, 4.69) is 23.1 Å². The highest BCUT2D eigenvalue weighted by Crippen LogP contribution is 2.08. The molecule has 1 aromatic rings. The van der Waals surface area contributed by atoms with Gasteiger partial charge < -0.3 is 10.0 Å². The van der Waals surface area contributed by atoms with E-state index in [4.69, 9.17) is 5.11 Å². The maximum atomic E-state index is 12.0. The summed E-state index contributed by atoms with van der Waals surface area (Å²) in [6.45, 7) is 7.29. The van der Waals surface area contributed by atoms with Crippen LogP contribution in [0.15, 0.2) is 19.4 Å². The fourth-order valence-electron chi connectivity index (χ4n) is 1.38. The molecule has 1 rings (SSSR count). The van der Waals surface area contributed by atoms with Crippen LogP contribution in [0.3, 0.4) is 0 Å². The number of carbonyl (C=O) groups excluding carboxylic acids is 1. The molecule has 0 spiro atoms. The number of amides is 1. The zero-order valence-corrected chi connectivity index (χ0v) is 10.7.